The van der Waals surface area contributed by atoms with Gasteiger partial charge in [-0.1, -0.05) is 30.3 Å². The Bertz CT molecular complexity index is 887. The summed E-state index contributed by atoms with van der Waals surface area (Å²) in [5.74, 6) is -0.426. The van der Waals surface area contributed by atoms with Crippen molar-refractivity contribution < 1.29 is 9.59 Å². The highest BCUT2D eigenvalue weighted by Crippen LogP contribution is 2.21. The van der Waals surface area contributed by atoms with E-state index in [4.69, 9.17) is 0 Å². The van der Waals surface area contributed by atoms with E-state index in [9.17, 15) is 9.59 Å². The van der Waals surface area contributed by atoms with Crippen LogP contribution in [0.4, 0.5) is 5.69 Å². The SMILES string of the molecule is Cc1ccc(NC(=O)CCC(=O)N/N=C2\CCCc3ccccc32)cc1C. The molecular weight excluding hydrogens is 338 g/mol. The van der Waals surface area contributed by atoms with Crippen LogP contribution in [0.2, 0.25) is 0 Å². The number of rotatable bonds is 5. The van der Waals surface area contributed by atoms with E-state index in [0.29, 0.717) is 0 Å². The number of hydrogen-bond donors (Lipinski definition) is 2. The first-order valence-corrected chi connectivity index (χ1v) is 9.34. The van der Waals surface area contributed by atoms with Crippen molar-refractivity contribution in [2.75, 3.05) is 5.32 Å². The van der Waals surface area contributed by atoms with Crippen LogP contribution in [-0.4, -0.2) is 17.5 Å². The number of hydrazone groups is 1. The molecule has 1 aliphatic rings. The first-order valence-electron chi connectivity index (χ1n) is 9.34. The highest BCUT2D eigenvalue weighted by Gasteiger charge is 2.15. The predicted molar refractivity (Wildman–Crippen MR) is 108 cm³/mol. The molecule has 140 valence electrons. The van der Waals surface area contributed by atoms with Gasteiger partial charge in [0.15, 0.2) is 0 Å². The fraction of sp³-hybridized carbons (Fsp3) is 0.318. The molecule has 0 atom stereocenters. The molecule has 2 aromatic rings. The second kappa shape index (κ2) is 8.62. The van der Waals surface area contributed by atoms with Crippen molar-refractivity contribution in [3.8, 4) is 0 Å². The number of benzene rings is 2. The summed E-state index contributed by atoms with van der Waals surface area (Å²) < 4.78 is 0. The van der Waals surface area contributed by atoms with Crippen molar-refractivity contribution in [1.29, 1.82) is 0 Å². The Kier molecular flexibility index (Phi) is 6.01. The minimum Gasteiger partial charge on any atom is -0.326 e. The van der Waals surface area contributed by atoms with Crippen LogP contribution in [0.3, 0.4) is 0 Å². The zero-order valence-electron chi connectivity index (χ0n) is 15.8. The number of aryl methyl sites for hydroxylation is 3. The van der Waals surface area contributed by atoms with Crippen LogP contribution in [0, 0.1) is 13.8 Å². The maximum absolute atomic E-state index is 12.1. The van der Waals surface area contributed by atoms with E-state index in [-0.39, 0.29) is 24.7 Å². The standard InChI is InChI=1S/C22H25N3O2/c1-15-10-11-18(14-16(15)2)23-21(26)12-13-22(27)25-24-20-9-5-7-17-6-3-4-8-19(17)20/h3-4,6,8,10-11,14H,5,7,9,12-13H2,1-2H3,(H,23,26)(H,25,27)/b24-20+. The number of anilines is 1. The van der Waals surface area contributed by atoms with Gasteiger partial charge in [0.05, 0.1) is 5.71 Å². The molecule has 0 radical (unpaired) electrons. The minimum atomic E-state index is -0.249. The van der Waals surface area contributed by atoms with Crippen LogP contribution in [0.25, 0.3) is 0 Å². The molecule has 3 rings (SSSR count). The van der Waals surface area contributed by atoms with Gasteiger partial charge in [-0.2, -0.15) is 5.10 Å². The highest BCUT2D eigenvalue weighted by atomic mass is 16.2. The predicted octanol–water partition coefficient (Wildman–Crippen LogP) is 3.88. The third-order valence-electron chi connectivity index (χ3n) is 4.87. The number of nitrogens with zero attached hydrogens (tertiary/aromatic N) is 1. The Morgan fingerprint density at radius 1 is 0.963 bits per heavy atom. The lowest BCUT2D eigenvalue weighted by Gasteiger charge is -2.17. The van der Waals surface area contributed by atoms with Gasteiger partial charge in [0.2, 0.25) is 11.8 Å². The fourth-order valence-electron chi connectivity index (χ4n) is 3.17. The monoisotopic (exact) mass is 363 g/mol. The van der Waals surface area contributed by atoms with Crippen molar-refractivity contribution in [2.45, 2.75) is 46.0 Å². The Balaban J connectivity index is 1.50. The molecule has 0 spiro atoms. The summed E-state index contributed by atoms with van der Waals surface area (Å²) >= 11 is 0. The molecule has 0 heterocycles. The van der Waals surface area contributed by atoms with Gasteiger partial charge in [0.25, 0.3) is 0 Å². The normalized spacial score (nSPS) is 14.5. The molecule has 0 fully saturated rings. The lowest BCUT2D eigenvalue weighted by molar-refractivity contribution is -0.124. The summed E-state index contributed by atoms with van der Waals surface area (Å²) in [6, 6.07) is 13.9. The lowest BCUT2D eigenvalue weighted by Crippen LogP contribution is -2.23. The highest BCUT2D eigenvalue weighted by molar-refractivity contribution is 6.03. The average molecular weight is 363 g/mol. The van der Waals surface area contributed by atoms with Crippen LogP contribution in [0.15, 0.2) is 47.6 Å². The smallest absolute Gasteiger partial charge is 0.240 e. The van der Waals surface area contributed by atoms with Crippen LogP contribution >= 0.6 is 0 Å². The van der Waals surface area contributed by atoms with E-state index in [1.165, 1.54) is 11.1 Å². The minimum absolute atomic E-state index is 0.106. The van der Waals surface area contributed by atoms with Crippen molar-refractivity contribution in [3.05, 3.63) is 64.7 Å². The molecule has 27 heavy (non-hydrogen) atoms. The molecule has 2 N–H and O–H groups in total. The molecule has 2 aromatic carbocycles. The summed E-state index contributed by atoms with van der Waals surface area (Å²) in [5, 5.41) is 7.12. The van der Waals surface area contributed by atoms with Gasteiger partial charge < -0.3 is 5.32 Å². The van der Waals surface area contributed by atoms with E-state index in [2.05, 4.69) is 21.9 Å². The zero-order valence-corrected chi connectivity index (χ0v) is 15.8. The zero-order chi connectivity index (χ0) is 19.2. The summed E-state index contributed by atoms with van der Waals surface area (Å²) in [6.45, 7) is 4.03. The average Bonchev–Trinajstić information content (AvgIpc) is 2.67. The maximum Gasteiger partial charge on any atom is 0.240 e. The number of nitrogens with one attached hydrogen (secondary N) is 2. The molecule has 1 aliphatic carbocycles. The van der Waals surface area contributed by atoms with Gasteiger partial charge in [-0.15, -0.1) is 0 Å². The van der Waals surface area contributed by atoms with E-state index in [0.717, 1.165) is 41.8 Å². The van der Waals surface area contributed by atoms with Crippen LogP contribution in [0.1, 0.15) is 47.9 Å². The number of fused-ring (bicyclic) bond motifs is 1. The topological polar surface area (TPSA) is 70.6 Å². The Morgan fingerprint density at radius 3 is 2.56 bits per heavy atom. The first kappa shape index (κ1) is 18.8. The Morgan fingerprint density at radius 2 is 1.74 bits per heavy atom. The molecular formula is C22H25N3O2. The summed E-state index contributed by atoms with van der Waals surface area (Å²) in [6.07, 6.45) is 3.16. The molecule has 0 aromatic heterocycles. The van der Waals surface area contributed by atoms with E-state index < -0.39 is 0 Å². The van der Waals surface area contributed by atoms with Crippen molar-refractivity contribution >= 4 is 23.2 Å². The number of hydrogen-bond acceptors (Lipinski definition) is 3. The third-order valence-corrected chi connectivity index (χ3v) is 4.87. The number of amides is 2. The van der Waals surface area contributed by atoms with E-state index in [1.807, 2.05) is 50.2 Å². The second-order valence-electron chi connectivity index (χ2n) is 6.95. The molecule has 0 saturated carbocycles. The fourth-order valence-corrected chi connectivity index (χ4v) is 3.17. The Hall–Kier alpha value is -2.95. The molecule has 5 nitrogen and oxygen atoms in total. The van der Waals surface area contributed by atoms with Crippen molar-refractivity contribution in [1.82, 2.24) is 5.43 Å². The lowest BCUT2D eigenvalue weighted by atomic mass is 9.90. The van der Waals surface area contributed by atoms with Gasteiger partial charge in [-0.25, -0.2) is 5.43 Å². The molecule has 0 bridgehead atoms. The van der Waals surface area contributed by atoms with Gasteiger partial charge >= 0.3 is 0 Å². The molecule has 0 unspecified atom stereocenters. The van der Waals surface area contributed by atoms with E-state index in [1.54, 1.807) is 0 Å². The molecule has 0 saturated heterocycles. The maximum atomic E-state index is 12.1. The third kappa shape index (κ3) is 5.03. The first-order chi connectivity index (χ1) is 13.0. The van der Waals surface area contributed by atoms with Crippen LogP contribution in [0.5, 0.6) is 0 Å². The van der Waals surface area contributed by atoms with Crippen molar-refractivity contribution in [2.24, 2.45) is 5.10 Å². The number of carbonyl (C=O) groups excluding carboxylic acids is 2. The number of carbonyl (C=O) groups is 2. The molecule has 0 aliphatic heterocycles. The largest absolute Gasteiger partial charge is 0.326 e. The van der Waals surface area contributed by atoms with Crippen LogP contribution in [-0.2, 0) is 16.0 Å². The van der Waals surface area contributed by atoms with Crippen molar-refractivity contribution in [3.63, 3.8) is 0 Å². The Labute approximate surface area is 159 Å². The van der Waals surface area contributed by atoms with Crippen LogP contribution < -0.4 is 10.7 Å². The quantitative estimate of drug-likeness (QED) is 0.792. The van der Waals surface area contributed by atoms with Gasteiger partial charge in [0.1, 0.15) is 0 Å². The summed E-state index contributed by atoms with van der Waals surface area (Å²) in [5.41, 5.74) is 8.93. The van der Waals surface area contributed by atoms with E-state index >= 15 is 0 Å². The summed E-state index contributed by atoms with van der Waals surface area (Å²) in [7, 11) is 0. The second-order valence-corrected chi connectivity index (χ2v) is 6.95. The van der Waals surface area contributed by atoms with Gasteiger partial charge in [-0.3, -0.25) is 9.59 Å². The molecule has 5 heteroatoms. The van der Waals surface area contributed by atoms with Gasteiger partial charge in [0, 0.05) is 24.1 Å². The molecule has 2 amide bonds. The summed E-state index contributed by atoms with van der Waals surface area (Å²) in [4.78, 5) is 24.1. The van der Waals surface area contributed by atoms with Gasteiger partial charge in [-0.05, 0) is 61.9 Å².